The van der Waals surface area contributed by atoms with Crippen LogP contribution in [0.5, 0.6) is 0 Å². The van der Waals surface area contributed by atoms with Crippen molar-refractivity contribution < 1.29 is 0 Å². The molecule has 10 heavy (non-hydrogen) atoms. The zero-order valence-corrected chi connectivity index (χ0v) is 7.06. The third kappa shape index (κ3) is 1.96. The number of likely N-dealkylation sites (N-methyl/N-ethyl adjacent to an activating group) is 1. The van der Waals surface area contributed by atoms with E-state index in [1.54, 1.807) is 0 Å². The highest BCUT2D eigenvalue weighted by Crippen LogP contribution is 2.14. The van der Waals surface area contributed by atoms with Crippen LogP contribution >= 0.6 is 0 Å². The van der Waals surface area contributed by atoms with Crippen LogP contribution in [0, 0.1) is 0 Å². The van der Waals surface area contributed by atoms with Gasteiger partial charge in [-0.15, -0.1) is 0 Å². The number of hydrogen-bond donors (Lipinski definition) is 1. The van der Waals surface area contributed by atoms with Crippen molar-refractivity contribution in [2.24, 2.45) is 0 Å². The monoisotopic (exact) mass is 142 g/mol. The van der Waals surface area contributed by atoms with Crippen molar-refractivity contribution in [3.8, 4) is 0 Å². The fourth-order valence-corrected chi connectivity index (χ4v) is 1.58. The first-order valence-electron chi connectivity index (χ1n) is 4.23. The van der Waals surface area contributed by atoms with E-state index >= 15 is 0 Å². The summed E-state index contributed by atoms with van der Waals surface area (Å²) in [5.74, 6) is 0. The minimum atomic E-state index is 0.827. The minimum Gasteiger partial charge on any atom is -0.318 e. The molecule has 2 nitrogen and oxygen atoms in total. The van der Waals surface area contributed by atoms with E-state index in [0.29, 0.717) is 0 Å². The van der Waals surface area contributed by atoms with Crippen molar-refractivity contribution in [2.45, 2.75) is 25.8 Å². The van der Waals surface area contributed by atoms with E-state index in [1.165, 1.54) is 25.9 Å². The molecule has 1 aliphatic heterocycles. The second-order valence-corrected chi connectivity index (χ2v) is 3.13. The Labute approximate surface area is 63.6 Å². The van der Waals surface area contributed by atoms with Crippen LogP contribution in [0.4, 0.5) is 0 Å². The minimum absolute atomic E-state index is 0.827. The molecule has 1 saturated heterocycles. The van der Waals surface area contributed by atoms with Gasteiger partial charge in [0.15, 0.2) is 0 Å². The molecule has 0 aliphatic carbocycles. The number of nitrogens with one attached hydrogen (secondary N) is 1. The summed E-state index contributed by atoms with van der Waals surface area (Å²) in [4.78, 5) is 2.55. The summed E-state index contributed by atoms with van der Waals surface area (Å²) in [7, 11) is 2.01. The molecule has 1 rings (SSSR count). The first-order valence-corrected chi connectivity index (χ1v) is 4.23. The maximum absolute atomic E-state index is 3.17. The van der Waals surface area contributed by atoms with Gasteiger partial charge in [-0.1, -0.05) is 0 Å². The zero-order chi connectivity index (χ0) is 7.40. The molecule has 0 aromatic carbocycles. The van der Waals surface area contributed by atoms with Crippen molar-refractivity contribution in [3.63, 3.8) is 0 Å². The normalized spacial score (nSPS) is 27.6. The van der Waals surface area contributed by atoms with Gasteiger partial charge in [0.05, 0.1) is 0 Å². The van der Waals surface area contributed by atoms with Gasteiger partial charge in [-0.25, -0.2) is 0 Å². The summed E-state index contributed by atoms with van der Waals surface area (Å²) in [5.41, 5.74) is 0. The van der Waals surface area contributed by atoms with Crippen LogP contribution in [0.25, 0.3) is 0 Å². The Morgan fingerprint density at radius 1 is 1.60 bits per heavy atom. The van der Waals surface area contributed by atoms with Gasteiger partial charge < -0.3 is 5.32 Å². The van der Waals surface area contributed by atoms with E-state index in [1.807, 2.05) is 7.05 Å². The van der Waals surface area contributed by atoms with Crippen LogP contribution in [0.1, 0.15) is 19.8 Å². The highest BCUT2D eigenvalue weighted by molar-refractivity contribution is 4.74. The maximum atomic E-state index is 3.17. The molecule has 60 valence electrons. The molecule has 1 atom stereocenters. The van der Waals surface area contributed by atoms with Crippen molar-refractivity contribution in [2.75, 3.05) is 26.7 Å². The van der Waals surface area contributed by atoms with Crippen LogP contribution in [-0.2, 0) is 0 Å². The predicted octanol–water partition coefficient (Wildman–Crippen LogP) is 0.690. The van der Waals surface area contributed by atoms with E-state index in [2.05, 4.69) is 17.1 Å². The van der Waals surface area contributed by atoms with Crippen LogP contribution in [0.2, 0.25) is 0 Å². The van der Waals surface area contributed by atoms with Crippen molar-refractivity contribution in [1.29, 1.82) is 0 Å². The zero-order valence-electron chi connectivity index (χ0n) is 7.06. The van der Waals surface area contributed by atoms with E-state index in [9.17, 15) is 0 Å². The lowest BCUT2D eigenvalue weighted by Crippen LogP contribution is -2.33. The van der Waals surface area contributed by atoms with Gasteiger partial charge in [0.2, 0.25) is 0 Å². The van der Waals surface area contributed by atoms with Gasteiger partial charge in [0, 0.05) is 19.1 Å². The van der Waals surface area contributed by atoms with Crippen molar-refractivity contribution in [1.82, 2.24) is 10.2 Å². The first-order chi connectivity index (χ1) is 4.84. The Hall–Kier alpha value is -0.0800. The van der Waals surface area contributed by atoms with E-state index in [4.69, 9.17) is 0 Å². The first kappa shape index (κ1) is 8.02. The summed E-state index contributed by atoms with van der Waals surface area (Å²) in [6, 6.07) is 0.827. The predicted molar refractivity (Wildman–Crippen MR) is 44.2 cm³/mol. The van der Waals surface area contributed by atoms with E-state index < -0.39 is 0 Å². The Morgan fingerprint density at radius 2 is 2.40 bits per heavy atom. The molecule has 0 amide bonds. The molecule has 0 spiro atoms. The Morgan fingerprint density at radius 3 is 2.90 bits per heavy atom. The lowest BCUT2D eigenvalue weighted by molar-refractivity contribution is 0.271. The van der Waals surface area contributed by atoms with Gasteiger partial charge in [0.1, 0.15) is 0 Å². The molecule has 1 aliphatic rings. The summed E-state index contributed by atoms with van der Waals surface area (Å²) in [6.07, 6.45) is 2.79. The van der Waals surface area contributed by atoms with Gasteiger partial charge in [-0.05, 0) is 33.4 Å². The van der Waals surface area contributed by atoms with Crippen LogP contribution in [-0.4, -0.2) is 37.6 Å². The Bertz CT molecular complexity index is 93.3. The molecule has 1 fully saturated rings. The molecule has 0 aromatic heterocycles. The number of hydrogen-bond acceptors (Lipinski definition) is 2. The van der Waals surface area contributed by atoms with Gasteiger partial charge in [-0.2, -0.15) is 0 Å². The Kier molecular flexibility index (Phi) is 3.16. The van der Waals surface area contributed by atoms with Crippen molar-refractivity contribution in [3.05, 3.63) is 0 Å². The fourth-order valence-electron chi connectivity index (χ4n) is 1.58. The molecule has 0 bridgehead atoms. The molecule has 1 unspecified atom stereocenters. The average Bonchev–Trinajstić information content (AvgIpc) is 2.31. The molecule has 1 N–H and O–H groups in total. The highest BCUT2D eigenvalue weighted by atomic mass is 15.2. The van der Waals surface area contributed by atoms with Gasteiger partial charge >= 0.3 is 0 Å². The Balaban J connectivity index is 2.14. The number of likely N-dealkylation sites (tertiary alicyclic amines) is 1. The van der Waals surface area contributed by atoms with E-state index in [0.717, 1.165) is 12.6 Å². The van der Waals surface area contributed by atoms with Crippen LogP contribution in [0.3, 0.4) is 0 Å². The SMILES string of the molecule is CNCCN1CCCC1C. The molecule has 0 radical (unpaired) electrons. The molecule has 0 saturated carbocycles. The lowest BCUT2D eigenvalue weighted by Gasteiger charge is -2.20. The number of nitrogens with zero attached hydrogens (tertiary/aromatic N) is 1. The highest BCUT2D eigenvalue weighted by Gasteiger charge is 2.18. The van der Waals surface area contributed by atoms with Crippen molar-refractivity contribution >= 4 is 0 Å². The molecule has 1 heterocycles. The molecule has 0 aromatic rings. The third-order valence-corrected chi connectivity index (χ3v) is 2.34. The second kappa shape index (κ2) is 3.94. The van der Waals surface area contributed by atoms with E-state index in [-0.39, 0.29) is 0 Å². The summed E-state index contributed by atoms with van der Waals surface area (Å²) < 4.78 is 0. The third-order valence-electron chi connectivity index (χ3n) is 2.34. The standard InChI is InChI=1S/C8H18N2/c1-8-4-3-6-10(8)7-5-9-2/h8-9H,3-7H2,1-2H3. The molecular formula is C8H18N2. The lowest BCUT2D eigenvalue weighted by atomic mass is 10.2. The van der Waals surface area contributed by atoms with Crippen LogP contribution < -0.4 is 5.32 Å². The quantitative estimate of drug-likeness (QED) is 0.623. The van der Waals surface area contributed by atoms with Gasteiger partial charge in [-0.3, -0.25) is 4.90 Å². The average molecular weight is 142 g/mol. The second-order valence-electron chi connectivity index (χ2n) is 3.13. The topological polar surface area (TPSA) is 15.3 Å². The summed E-state index contributed by atoms with van der Waals surface area (Å²) in [5, 5.41) is 3.17. The smallest absolute Gasteiger partial charge is 0.0110 e. The largest absolute Gasteiger partial charge is 0.318 e. The number of rotatable bonds is 3. The maximum Gasteiger partial charge on any atom is 0.0110 e. The summed E-state index contributed by atoms with van der Waals surface area (Å²) >= 11 is 0. The van der Waals surface area contributed by atoms with Crippen LogP contribution in [0.15, 0.2) is 0 Å². The summed E-state index contributed by atoms with van der Waals surface area (Å²) in [6.45, 7) is 5.98. The van der Waals surface area contributed by atoms with Gasteiger partial charge in [0.25, 0.3) is 0 Å². The fraction of sp³-hybridized carbons (Fsp3) is 1.00. The molecule has 2 heteroatoms. The molecular weight excluding hydrogens is 124 g/mol.